The largest absolute Gasteiger partial charge is 0.514 e. The minimum atomic E-state index is -0.569. The normalized spacial score (nSPS) is 18.7. The summed E-state index contributed by atoms with van der Waals surface area (Å²) in [5.41, 5.74) is 33.6. The second-order valence-corrected chi connectivity index (χ2v) is 31.7. The number of nitrogen functional groups attached to an aromatic ring is 3. The van der Waals surface area contributed by atoms with Crippen molar-refractivity contribution in [3.05, 3.63) is 185 Å². The van der Waals surface area contributed by atoms with Gasteiger partial charge in [0, 0.05) is 63.7 Å². The van der Waals surface area contributed by atoms with Crippen molar-refractivity contribution in [1.82, 2.24) is 56.1 Å². The Morgan fingerprint density at radius 1 is 0.564 bits per heavy atom. The first-order valence-electron chi connectivity index (χ1n) is 37.9. The van der Waals surface area contributed by atoms with E-state index in [0.29, 0.717) is 130 Å². The van der Waals surface area contributed by atoms with Gasteiger partial charge in [0.1, 0.15) is 22.4 Å². The van der Waals surface area contributed by atoms with Crippen LogP contribution in [0.15, 0.2) is 110 Å². The van der Waals surface area contributed by atoms with Gasteiger partial charge in [0.05, 0.1) is 165 Å². The second kappa shape index (κ2) is 41.4. The molecule has 5 aromatic heterocycles. The number of amidine groups is 2. The van der Waals surface area contributed by atoms with Crippen LogP contribution < -0.4 is 54.4 Å². The topological polar surface area (TPSA) is 410 Å². The molecule has 0 unspecified atom stereocenters. The molecular weight excluding hydrogens is 1670 g/mol. The molecule has 37 heteroatoms. The van der Waals surface area contributed by atoms with E-state index in [4.69, 9.17) is 92.7 Å². The average Bonchev–Trinajstić information content (AvgIpc) is 1.78. The van der Waals surface area contributed by atoms with Crippen LogP contribution in [0.4, 0.5) is 31.0 Å². The minimum Gasteiger partial charge on any atom is -0.481 e. The lowest BCUT2D eigenvalue weighted by Gasteiger charge is -2.34. The van der Waals surface area contributed by atoms with Gasteiger partial charge >= 0.3 is 7.12 Å². The van der Waals surface area contributed by atoms with E-state index in [2.05, 4.69) is 92.8 Å². The second-order valence-electron chi connectivity index (χ2n) is 29.6. The van der Waals surface area contributed by atoms with Crippen molar-refractivity contribution in [3.8, 4) is 23.0 Å². The Bertz CT molecular complexity index is 4780. The highest BCUT2D eigenvalue weighted by Crippen LogP contribution is 2.40. The number of hydrogen-bond acceptors (Lipinski definition) is 30. The first-order chi connectivity index (χ1) is 55.6. The number of nitrogens with two attached hydrogens (primary N) is 4. The van der Waals surface area contributed by atoms with Gasteiger partial charge in [-0.05, 0) is 141 Å². The highest BCUT2D eigenvalue weighted by Gasteiger charge is 2.52. The van der Waals surface area contributed by atoms with Crippen molar-refractivity contribution in [2.45, 2.75) is 150 Å². The van der Waals surface area contributed by atoms with Crippen molar-refractivity contribution >= 4 is 91.3 Å². The van der Waals surface area contributed by atoms with Crippen molar-refractivity contribution in [1.29, 1.82) is 0 Å². The number of aryl methyl sites for hydroxylation is 3. The van der Waals surface area contributed by atoms with Crippen LogP contribution in [0.2, 0.25) is 0 Å². The number of nitrogens with zero attached hydrogens (tertiary/aromatic N) is 10. The lowest BCUT2D eigenvalue weighted by Crippen LogP contribution is -2.42. The number of fused-ring (bicyclic) bond motifs is 3. The summed E-state index contributed by atoms with van der Waals surface area (Å²) < 4.78 is 86.7. The number of aliphatic imine (C=N–C) groups is 2. The Labute approximate surface area is 701 Å². The number of aliphatic hydroxyl groups excluding tert-OH is 2. The van der Waals surface area contributed by atoms with Crippen molar-refractivity contribution in [2.24, 2.45) is 33.6 Å². The van der Waals surface area contributed by atoms with Crippen LogP contribution in [0.25, 0.3) is 11.3 Å². The Hall–Kier alpha value is -8.64. The van der Waals surface area contributed by atoms with Crippen LogP contribution >= 0.6 is 44.1 Å². The molecule has 30 nitrogen and oxygen atoms in total. The third-order valence-corrected chi connectivity index (χ3v) is 21.2. The van der Waals surface area contributed by atoms with Crippen LogP contribution in [0.1, 0.15) is 155 Å². The van der Waals surface area contributed by atoms with Gasteiger partial charge in [0.25, 0.3) is 0 Å². The zero-order chi connectivity index (χ0) is 85.3. The molecule has 0 aliphatic carbocycles. The fourth-order valence-electron chi connectivity index (χ4n) is 12.7. The zero-order valence-corrected chi connectivity index (χ0v) is 72.1. The number of nitrogens with one attached hydrogen (secondary N) is 3. The number of hydroxylamine groups is 2. The molecule has 3 atom stereocenters. The van der Waals surface area contributed by atoms with Gasteiger partial charge in [-0.3, -0.25) is 19.7 Å². The van der Waals surface area contributed by atoms with Crippen LogP contribution in [0, 0.1) is 56.0 Å². The van der Waals surface area contributed by atoms with Gasteiger partial charge in [0.15, 0.2) is 23.2 Å². The Morgan fingerprint density at radius 3 is 1.49 bits per heavy atom. The maximum absolute atomic E-state index is 14.3. The quantitative estimate of drug-likeness (QED) is 0.0232. The predicted octanol–water partition coefficient (Wildman–Crippen LogP) is 10.5. The fraction of sp³-hybridized carbons (Fsp3) is 0.463. The average molecular weight is 1770 g/mol. The van der Waals surface area contributed by atoms with E-state index in [0.717, 1.165) is 50.5 Å². The van der Waals surface area contributed by atoms with Gasteiger partial charge in [-0.15, -0.1) is 0 Å². The lowest BCUT2D eigenvalue weighted by atomic mass is 9.84. The molecule has 13 N–H and O–H groups in total. The molecule has 630 valence electrons. The van der Waals surface area contributed by atoms with E-state index >= 15 is 0 Å². The van der Waals surface area contributed by atoms with Crippen LogP contribution in [0.5, 0.6) is 11.8 Å². The zero-order valence-electron chi connectivity index (χ0n) is 68.2. The summed E-state index contributed by atoms with van der Waals surface area (Å²) in [6, 6.07) is 23.6. The van der Waals surface area contributed by atoms with E-state index in [1.807, 2.05) is 95.2 Å². The minimum absolute atomic E-state index is 0.0520. The molecule has 3 aromatic carbocycles. The molecule has 6 aliphatic heterocycles. The van der Waals surface area contributed by atoms with Crippen molar-refractivity contribution in [2.75, 3.05) is 90.9 Å². The Kier molecular flexibility index (Phi) is 32.6. The highest BCUT2D eigenvalue weighted by molar-refractivity contribution is 9.10. The number of pyridine rings is 2. The first kappa shape index (κ1) is 92.3. The smallest absolute Gasteiger partial charge is 0.481 e. The number of ether oxygens (including phenoxy) is 6. The summed E-state index contributed by atoms with van der Waals surface area (Å²) in [6.07, 6.45) is 1.53. The van der Waals surface area contributed by atoms with Crippen LogP contribution in [-0.4, -0.2) is 170 Å². The number of thiocarbonyl (C=S) groups is 1. The van der Waals surface area contributed by atoms with Crippen molar-refractivity contribution < 1.29 is 75.6 Å². The van der Waals surface area contributed by atoms with E-state index in [-0.39, 0.29) is 84.4 Å². The number of anilines is 3. The van der Waals surface area contributed by atoms with E-state index in [9.17, 15) is 23.4 Å². The number of rotatable bonds is 17. The molecule has 117 heavy (non-hydrogen) atoms. The molecule has 6 aliphatic rings. The lowest BCUT2D eigenvalue weighted by molar-refractivity contribution is -0.267. The third-order valence-electron chi connectivity index (χ3n) is 19.5. The molecular formula is C80H103BBr2F3N17O13S. The van der Waals surface area contributed by atoms with Gasteiger partial charge < -0.3 is 75.3 Å². The van der Waals surface area contributed by atoms with E-state index < -0.39 is 36.5 Å². The van der Waals surface area contributed by atoms with E-state index in [1.54, 1.807) is 56.5 Å². The van der Waals surface area contributed by atoms with Gasteiger partial charge in [-0.25, -0.2) is 69.9 Å². The summed E-state index contributed by atoms with van der Waals surface area (Å²) in [4.78, 5) is 60.6. The number of hydrogen-bond donors (Lipinski definition) is 9. The monoisotopic (exact) mass is 1770 g/mol. The molecule has 0 bridgehead atoms. The molecule has 3 fully saturated rings. The van der Waals surface area contributed by atoms with Gasteiger partial charge in [0.2, 0.25) is 29.6 Å². The molecule has 0 saturated carbocycles. The number of methoxy groups -OCH3 is 2. The van der Waals surface area contributed by atoms with Gasteiger partial charge in [-0.2, -0.15) is 0 Å². The number of benzene rings is 3. The maximum atomic E-state index is 14.3. The summed E-state index contributed by atoms with van der Waals surface area (Å²) in [7, 11) is 2.68. The highest BCUT2D eigenvalue weighted by atomic mass is 79.9. The maximum Gasteiger partial charge on any atom is 0.514 e. The molecule has 14 rings (SSSR count). The van der Waals surface area contributed by atoms with Crippen LogP contribution in [-0.2, 0) is 62.0 Å². The van der Waals surface area contributed by atoms with Crippen molar-refractivity contribution in [3.63, 3.8) is 0 Å². The molecule has 0 spiro atoms. The van der Waals surface area contributed by atoms with Gasteiger partial charge in [-0.1, -0.05) is 88.3 Å². The summed E-state index contributed by atoms with van der Waals surface area (Å²) in [5.74, 6) is 5.25. The molecule has 11 heterocycles. The standard InChI is InChI=1S/C24H27FN6O4.C21H25BrFN5O3.C14H12BrFN4S.C12H18BNO3.C7H15NO3.C2H6/c1-13-22-20(30-24(26)27-13)9-19(29-23(22)31-35-12-14(10-32)11-33)16-7-6-15(25)8-17(16)18-4-3-5-21(28-18)34-2;1-11-18-17(27-20(24)25-11)7-16(14-5-4-13(23)6-15(14)22)26-19(18)28-31-10-12-8-29-21(2,3)30-9-12;1-6-12-11(20-14(17)18-6)5-10(19-13(12)21)8-3-2-7(16)4-9(8)15;1-11(2)12(3,4)17-13(16-11)9-7-6-8-10(14-9)15-5;1-7(2)9-3-6(4-10-7)5-11-8;1-2/h3-8,14,19,32-33H,9-12H2,1-2H3,(H,29,31)(H2,26,27,30);4-6,12,16H,7-10H2,1-3H3,(H,26,28)(H2,24,25,27);2-4,10H,5H2,1H3,(H,19,21)(H2,17,18,20);6-8H,1-5H3;6H,3-5,8H2,1-2H3;1-2H3/t19-;16-;10-;;;/m111.../s1. The van der Waals surface area contributed by atoms with E-state index in [1.165, 1.54) is 43.5 Å². The summed E-state index contributed by atoms with van der Waals surface area (Å²) in [5, 5.41) is 21.9. The first-order valence-corrected chi connectivity index (χ1v) is 39.9. The summed E-state index contributed by atoms with van der Waals surface area (Å²) in [6.45, 7) is 28.0. The molecule has 3 saturated heterocycles. The number of halogens is 5. The third kappa shape index (κ3) is 24.5. The SMILES string of the molecule is CC.CC1(C)OCC(CON)CO1.COc1cccc(-c2cc(F)ccc2[C@H]2Cc3nc(N)nc(C)c3C(NOCC(CO)CO)=N2)n1.COc1cccc(B2OC(C)(C)C(C)(C)O2)n1.Cc1nc(N)nc2c1C(=S)N[C@@H](c1ccc(F)cc1Br)C2.Cc1nc(N)nc2c1C(NOCC1COC(C)(C)OC1)=N[C@@H](c1ccc(F)cc1Br)C2. The molecule has 8 aromatic rings. The van der Waals surface area contributed by atoms with Crippen LogP contribution in [0.3, 0.4) is 0 Å². The Morgan fingerprint density at radius 2 is 1.00 bits per heavy atom. The Balaban J connectivity index is 0.000000174. The number of aliphatic hydroxyl groups is 2. The number of aromatic nitrogens is 8. The molecule has 0 amide bonds. The predicted molar refractivity (Wildman–Crippen MR) is 448 cm³/mol. The molecule has 0 radical (unpaired) electrons. The fourth-order valence-corrected chi connectivity index (χ4v) is 14.4. The summed E-state index contributed by atoms with van der Waals surface area (Å²) >= 11 is 12.2.